The molecule has 0 spiro atoms. The normalized spacial score (nSPS) is 9.79. The van der Waals surface area contributed by atoms with Gasteiger partial charge in [0, 0.05) is 22.9 Å². The third-order valence-electron chi connectivity index (χ3n) is 2.44. The summed E-state index contributed by atoms with van der Waals surface area (Å²) in [5.74, 6) is 5.61. The molecule has 0 fully saturated rings. The molecule has 2 aromatic rings. The fourth-order valence-corrected chi connectivity index (χ4v) is 2.43. The Labute approximate surface area is 115 Å². The summed E-state index contributed by atoms with van der Waals surface area (Å²) in [6.45, 7) is 0.354. The van der Waals surface area contributed by atoms with Gasteiger partial charge < -0.3 is 14.4 Å². The second-order valence-corrected chi connectivity index (χ2v) is 4.90. The molecule has 2 rings (SSSR count). The number of nitrogens with zero attached hydrogens (tertiary/aromatic N) is 1. The SMILES string of the molecule is CN(Cc1cc(C#CCO)cs1)C(=O)c1ccco1. The van der Waals surface area contributed by atoms with E-state index in [9.17, 15) is 4.79 Å². The molecule has 1 amide bonds. The zero-order valence-corrected chi connectivity index (χ0v) is 11.2. The maximum Gasteiger partial charge on any atom is 0.289 e. The Hall–Kier alpha value is -2.03. The average molecular weight is 275 g/mol. The molecule has 0 aromatic carbocycles. The Morgan fingerprint density at radius 3 is 3.11 bits per heavy atom. The first-order chi connectivity index (χ1) is 9.20. The highest BCUT2D eigenvalue weighted by atomic mass is 32.1. The average Bonchev–Trinajstić information content (AvgIpc) is 3.06. The highest BCUT2D eigenvalue weighted by molar-refractivity contribution is 7.10. The van der Waals surface area contributed by atoms with Crippen LogP contribution in [0.15, 0.2) is 34.3 Å². The highest BCUT2D eigenvalue weighted by Crippen LogP contribution is 2.17. The molecule has 0 saturated heterocycles. The van der Waals surface area contributed by atoms with E-state index in [-0.39, 0.29) is 12.5 Å². The van der Waals surface area contributed by atoms with Crippen LogP contribution >= 0.6 is 11.3 Å². The summed E-state index contributed by atoms with van der Waals surface area (Å²) in [4.78, 5) is 14.6. The van der Waals surface area contributed by atoms with Crippen LogP contribution in [0.1, 0.15) is 21.0 Å². The maximum atomic E-state index is 12.0. The Kier molecular flexibility index (Phi) is 4.39. The van der Waals surface area contributed by atoms with Crippen molar-refractivity contribution in [1.29, 1.82) is 0 Å². The fourth-order valence-electron chi connectivity index (χ4n) is 1.56. The minimum absolute atomic E-state index is 0.151. The zero-order chi connectivity index (χ0) is 13.7. The van der Waals surface area contributed by atoms with E-state index in [1.54, 1.807) is 24.1 Å². The molecular weight excluding hydrogens is 262 g/mol. The number of rotatable bonds is 3. The van der Waals surface area contributed by atoms with E-state index in [4.69, 9.17) is 9.52 Å². The van der Waals surface area contributed by atoms with E-state index in [0.717, 1.165) is 10.4 Å². The molecule has 2 aromatic heterocycles. The Balaban J connectivity index is 2.01. The number of hydrogen-bond donors (Lipinski definition) is 1. The lowest BCUT2D eigenvalue weighted by Crippen LogP contribution is -2.25. The van der Waals surface area contributed by atoms with Crippen LogP contribution in [0.2, 0.25) is 0 Å². The van der Waals surface area contributed by atoms with E-state index < -0.39 is 0 Å². The van der Waals surface area contributed by atoms with Crippen molar-refractivity contribution in [3.8, 4) is 11.8 Å². The van der Waals surface area contributed by atoms with Gasteiger partial charge in [-0.2, -0.15) is 0 Å². The van der Waals surface area contributed by atoms with Gasteiger partial charge in [0.15, 0.2) is 5.76 Å². The lowest BCUT2D eigenvalue weighted by molar-refractivity contribution is 0.0755. The Morgan fingerprint density at radius 1 is 1.58 bits per heavy atom. The first-order valence-corrected chi connectivity index (χ1v) is 6.55. The molecule has 4 nitrogen and oxygen atoms in total. The zero-order valence-electron chi connectivity index (χ0n) is 10.4. The minimum atomic E-state index is -0.151. The monoisotopic (exact) mass is 275 g/mol. The van der Waals surface area contributed by atoms with Crippen LogP contribution in [0.3, 0.4) is 0 Å². The Bertz CT molecular complexity index is 604. The van der Waals surface area contributed by atoms with Crippen LogP contribution in [0.5, 0.6) is 0 Å². The molecule has 2 heterocycles. The molecule has 0 unspecified atom stereocenters. The highest BCUT2D eigenvalue weighted by Gasteiger charge is 2.15. The summed E-state index contributed by atoms with van der Waals surface area (Å²) in [6.07, 6.45) is 1.48. The molecule has 0 aliphatic rings. The molecule has 0 bridgehead atoms. The quantitative estimate of drug-likeness (QED) is 0.871. The summed E-state index contributed by atoms with van der Waals surface area (Å²) in [5, 5.41) is 10.5. The van der Waals surface area contributed by atoms with Crippen LogP contribution in [-0.4, -0.2) is 29.6 Å². The van der Waals surface area contributed by atoms with E-state index in [1.165, 1.54) is 17.6 Å². The van der Waals surface area contributed by atoms with Gasteiger partial charge in [0.1, 0.15) is 6.61 Å². The number of thiophene rings is 1. The van der Waals surface area contributed by atoms with Crippen molar-refractivity contribution in [2.24, 2.45) is 0 Å². The number of furan rings is 1. The van der Waals surface area contributed by atoms with Crippen molar-refractivity contribution in [3.63, 3.8) is 0 Å². The molecule has 0 aliphatic carbocycles. The van der Waals surface area contributed by atoms with Crippen molar-refractivity contribution >= 4 is 17.2 Å². The number of carbonyl (C=O) groups is 1. The van der Waals surface area contributed by atoms with Crippen molar-refractivity contribution in [3.05, 3.63) is 46.0 Å². The van der Waals surface area contributed by atoms with Gasteiger partial charge in [-0.3, -0.25) is 4.79 Å². The van der Waals surface area contributed by atoms with Crippen molar-refractivity contribution in [2.45, 2.75) is 6.54 Å². The van der Waals surface area contributed by atoms with E-state index in [0.29, 0.717) is 12.3 Å². The first-order valence-electron chi connectivity index (χ1n) is 5.67. The largest absolute Gasteiger partial charge is 0.459 e. The van der Waals surface area contributed by atoms with Gasteiger partial charge in [0.2, 0.25) is 0 Å². The van der Waals surface area contributed by atoms with Crippen molar-refractivity contribution < 1.29 is 14.3 Å². The lowest BCUT2D eigenvalue weighted by atomic mass is 10.3. The summed E-state index contributed by atoms with van der Waals surface area (Å²) in [7, 11) is 1.73. The van der Waals surface area contributed by atoms with Crippen molar-refractivity contribution in [2.75, 3.05) is 13.7 Å². The van der Waals surface area contributed by atoms with Crippen LogP contribution in [0.25, 0.3) is 0 Å². The molecule has 0 radical (unpaired) electrons. The maximum absolute atomic E-state index is 12.0. The fraction of sp³-hybridized carbons (Fsp3) is 0.214. The lowest BCUT2D eigenvalue weighted by Gasteiger charge is -2.14. The number of aliphatic hydroxyl groups excluding tert-OH is 1. The topological polar surface area (TPSA) is 53.7 Å². The summed E-state index contributed by atoms with van der Waals surface area (Å²) >= 11 is 1.53. The number of amides is 1. The predicted octanol–water partition coefficient (Wildman–Crippen LogP) is 1.96. The molecule has 19 heavy (non-hydrogen) atoms. The molecule has 0 saturated carbocycles. The smallest absolute Gasteiger partial charge is 0.289 e. The van der Waals surface area contributed by atoms with Crippen LogP contribution in [0, 0.1) is 11.8 Å². The summed E-state index contributed by atoms with van der Waals surface area (Å²) < 4.78 is 5.07. The van der Waals surface area contributed by atoms with Gasteiger partial charge in [0.05, 0.1) is 12.8 Å². The molecule has 5 heteroatoms. The standard InChI is InChI=1S/C14H13NO3S/c1-15(14(17)13-5-3-7-18-13)9-12-8-11(10-19-12)4-2-6-16/h3,5,7-8,10,16H,6,9H2,1H3. The van der Waals surface area contributed by atoms with Gasteiger partial charge in [-0.05, 0) is 18.2 Å². The number of hydrogen-bond acceptors (Lipinski definition) is 4. The molecule has 98 valence electrons. The van der Waals surface area contributed by atoms with Crippen LogP contribution in [0.4, 0.5) is 0 Å². The number of aliphatic hydroxyl groups is 1. The summed E-state index contributed by atoms with van der Waals surface area (Å²) in [5.41, 5.74) is 0.855. The van der Waals surface area contributed by atoms with E-state index in [1.807, 2.05) is 11.4 Å². The second-order valence-electron chi connectivity index (χ2n) is 3.90. The van der Waals surface area contributed by atoms with Gasteiger partial charge in [0.25, 0.3) is 5.91 Å². The van der Waals surface area contributed by atoms with E-state index in [2.05, 4.69) is 11.8 Å². The van der Waals surface area contributed by atoms with Gasteiger partial charge in [-0.1, -0.05) is 11.8 Å². The minimum Gasteiger partial charge on any atom is -0.459 e. The predicted molar refractivity (Wildman–Crippen MR) is 72.8 cm³/mol. The number of carbonyl (C=O) groups excluding carboxylic acids is 1. The Morgan fingerprint density at radius 2 is 2.42 bits per heavy atom. The van der Waals surface area contributed by atoms with Gasteiger partial charge in [-0.15, -0.1) is 11.3 Å². The first kappa shape index (κ1) is 13.4. The molecule has 0 atom stereocenters. The molecular formula is C14H13NO3S. The van der Waals surface area contributed by atoms with Gasteiger partial charge in [-0.25, -0.2) is 0 Å². The second kappa shape index (κ2) is 6.23. The molecule has 0 aliphatic heterocycles. The van der Waals surface area contributed by atoms with Crippen LogP contribution in [-0.2, 0) is 6.54 Å². The third-order valence-corrected chi connectivity index (χ3v) is 3.36. The molecule has 1 N–H and O–H groups in total. The summed E-state index contributed by atoms with van der Waals surface area (Å²) in [6, 6.07) is 5.25. The van der Waals surface area contributed by atoms with Crippen LogP contribution < -0.4 is 0 Å². The van der Waals surface area contributed by atoms with Gasteiger partial charge >= 0.3 is 0 Å². The van der Waals surface area contributed by atoms with Crippen molar-refractivity contribution in [1.82, 2.24) is 4.90 Å². The van der Waals surface area contributed by atoms with E-state index >= 15 is 0 Å². The third kappa shape index (κ3) is 3.47.